The number of benzene rings is 1. The second-order valence-corrected chi connectivity index (χ2v) is 4.14. The molecule has 0 aliphatic heterocycles. The number of hydrogen-bond acceptors (Lipinski definition) is 4. The molecule has 3 N–H and O–H groups in total. The van der Waals surface area contributed by atoms with Crippen LogP contribution >= 0.6 is 15.9 Å². The van der Waals surface area contributed by atoms with Crippen LogP contribution in [0.2, 0.25) is 0 Å². The molecule has 0 amide bonds. The number of aromatic hydroxyl groups is 1. The summed E-state index contributed by atoms with van der Waals surface area (Å²) in [6.45, 7) is 2.37. The maximum Gasteiger partial charge on any atom is 0.115 e. The fraction of sp³-hybridized carbons (Fsp3) is 0.455. The van der Waals surface area contributed by atoms with Crippen molar-refractivity contribution in [2.75, 3.05) is 26.4 Å². The molecule has 1 rings (SSSR count). The van der Waals surface area contributed by atoms with E-state index in [1.807, 2.05) is 6.07 Å². The number of ether oxygens (including phenoxy) is 1. The van der Waals surface area contributed by atoms with Gasteiger partial charge in [0.05, 0.1) is 19.8 Å². The summed E-state index contributed by atoms with van der Waals surface area (Å²) in [5.41, 5.74) is 1.00. The minimum atomic E-state index is 0.0537. The van der Waals surface area contributed by atoms with E-state index in [2.05, 4.69) is 21.2 Å². The van der Waals surface area contributed by atoms with Crippen molar-refractivity contribution in [2.24, 2.45) is 0 Å². The fourth-order valence-corrected chi connectivity index (χ4v) is 1.62. The second-order valence-electron chi connectivity index (χ2n) is 3.29. The van der Waals surface area contributed by atoms with Gasteiger partial charge in [0.2, 0.25) is 0 Å². The maximum absolute atomic E-state index is 9.31. The molecular formula is C11H16BrNO3. The van der Waals surface area contributed by atoms with Crippen LogP contribution in [-0.4, -0.2) is 36.6 Å². The van der Waals surface area contributed by atoms with Gasteiger partial charge in [-0.25, -0.2) is 0 Å². The van der Waals surface area contributed by atoms with Gasteiger partial charge in [-0.15, -0.1) is 0 Å². The smallest absolute Gasteiger partial charge is 0.115 e. The van der Waals surface area contributed by atoms with Crippen LogP contribution in [0.4, 0.5) is 0 Å². The first-order valence-electron chi connectivity index (χ1n) is 5.10. The van der Waals surface area contributed by atoms with E-state index in [1.54, 1.807) is 12.1 Å². The van der Waals surface area contributed by atoms with Gasteiger partial charge in [0.15, 0.2) is 0 Å². The highest BCUT2D eigenvalue weighted by Crippen LogP contribution is 2.21. The van der Waals surface area contributed by atoms with E-state index in [0.717, 1.165) is 10.0 Å². The average molecular weight is 290 g/mol. The van der Waals surface area contributed by atoms with Gasteiger partial charge in [0.1, 0.15) is 5.75 Å². The third-order valence-corrected chi connectivity index (χ3v) is 2.78. The maximum atomic E-state index is 9.31. The summed E-state index contributed by atoms with van der Waals surface area (Å²) in [7, 11) is 0. The summed E-state index contributed by atoms with van der Waals surface area (Å²) < 4.78 is 6.07. The van der Waals surface area contributed by atoms with Crippen molar-refractivity contribution in [3.05, 3.63) is 28.2 Å². The molecule has 0 spiro atoms. The zero-order chi connectivity index (χ0) is 11.8. The van der Waals surface area contributed by atoms with E-state index in [1.165, 1.54) is 0 Å². The average Bonchev–Trinajstić information content (AvgIpc) is 2.28. The number of aliphatic hydroxyl groups is 1. The lowest BCUT2D eigenvalue weighted by Gasteiger charge is -2.07. The molecular weight excluding hydrogens is 274 g/mol. The summed E-state index contributed by atoms with van der Waals surface area (Å²) in [4.78, 5) is 0. The van der Waals surface area contributed by atoms with E-state index in [0.29, 0.717) is 26.3 Å². The molecule has 90 valence electrons. The second kappa shape index (κ2) is 7.62. The van der Waals surface area contributed by atoms with Crippen LogP contribution in [0.1, 0.15) is 5.56 Å². The van der Waals surface area contributed by atoms with Crippen molar-refractivity contribution in [1.82, 2.24) is 5.32 Å². The van der Waals surface area contributed by atoms with E-state index in [4.69, 9.17) is 9.84 Å². The number of phenolic OH excluding ortho intramolecular Hbond substituents is 1. The van der Waals surface area contributed by atoms with Crippen molar-refractivity contribution in [3.63, 3.8) is 0 Å². The molecule has 0 saturated carbocycles. The fourth-order valence-electron chi connectivity index (χ4n) is 1.23. The number of phenols is 1. The lowest BCUT2D eigenvalue weighted by Crippen LogP contribution is -2.20. The van der Waals surface area contributed by atoms with Crippen LogP contribution < -0.4 is 5.32 Å². The molecule has 0 atom stereocenters. The van der Waals surface area contributed by atoms with Crippen LogP contribution in [0.15, 0.2) is 22.7 Å². The van der Waals surface area contributed by atoms with Gasteiger partial charge >= 0.3 is 0 Å². The van der Waals surface area contributed by atoms with E-state index in [-0.39, 0.29) is 12.4 Å². The topological polar surface area (TPSA) is 61.7 Å². The Hall–Kier alpha value is -0.620. The van der Waals surface area contributed by atoms with Crippen molar-refractivity contribution in [2.45, 2.75) is 6.54 Å². The molecule has 0 aliphatic carbocycles. The first-order chi connectivity index (χ1) is 7.74. The van der Waals surface area contributed by atoms with Gasteiger partial charge in [-0.3, -0.25) is 0 Å². The molecule has 0 heterocycles. The molecule has 0 unspecified atom stereocenters. The molecule has 0 aliphatic rings. The van der Waals surface area contributed by atoms with Gasteiger partial charge in [0, 0.05) is 17.6 Å². The summed E-state index contributed by atoms with van der Waals surface area (Å²) in [5, 5.41) is 21.0. The molecule has 1 aromatic rings. The zero-order valence-electron chi connectivity index (χ0n) is 8.95. The number of halogens is 1. The zero-order valence-corrected chi connectivity index (χ0v) is 10.5. The predicted molar refractivity (Wildman–Crippen MR) is 65.4 cm³/mol. The first-order valence-corrected chi connectivity index (χ1v) is 5.90. The van der Waals surface area contributed by atoms with E-state index >= 15 is 0 Å². The minimum absolute atomic E-state index is 0.0537. The number of hydrogen-bond donors (Lipinski definition) is 3. The van der Waals surface area contributed by atoms with Crippen molar-refractivity contribution >= 4 is 15.9 Å². The summed E-state index contributed by atoms with van der Waals surface area (Å²) >= 11 is 3.41. The Bertz CT molecular complexity index is 320. The monoisotopic (exact) mass is 289 g/mol. The van der Waals surface area contributed by atoms with E-state index in [9.17, 15) is 5.11 Å². The number of rotatable bonds is 7. The molecule has 0 saturated heterocycles. The quantitative estimate of drug-likeness (QED) is 0.662. The highest BCUT2D eigenvalue weighted by Gasteiger charge is 2.00. The lowest BCUT2D eigenvalue weighted by atomic mass is 10.2. The summed E-state index contributed by atoms with van der Waals surface area (Å²) in [6.07, 6.45) is 0. The molecule has 16 heavy (non-hydrogen) atoms. The van der Waals surface area contributed by atoms with Crippen molar-refractivity contribution in [1.29, 1.82) is 0 Å². The third-order valence-electron chi connectivity index (χ3n) is 2.00. The van der Waals surface area contributed by atoms with Gasteiger partial charge in [-0.2, -0.15) is 0 Å². The largest absolute Gasteiger partial charge is 0.508 e. The van der Waals surface area contributed by atoms with Crippen LogP contribution in [-0.2, 0) is 11.3 Å². The Labute approximate surface area is 103 Å². The molecule has 0 aromatic heterocycles. The molecule has 5 heteroatoms. The molecule has 0 radical (unpaired) electrons. The van der Waals surface area contributed by atoms with Crippen LogP contribution in [0.5, 0.6) is 5.75 Å². The highest BCUT2D eigenvalue weighted by molar-refractivity contribution is 9.10. The van der Waals surface area contributed by atoms with Gasteiger partial charge in [-0.1, -0.05) is 15.9 Å². The molecule has 1 aromatic carbocycles. The van der Waals surface area contributed by atoms with Crippen molar-refractivity contribution in [3.8, 4) is 5.75 Å². The summed E-state index contributed by atoms with van der Waals surface area (Å²) in [6, 6.07) is 5.16. The Kier molecular flexibility index (Phi) is 6.40. The molecule has 0 bridgehead atoms. The van der Waals surface area contributed by atoms with Crippen LogP contribution in [0.3, 0.4) is 0 Å². The minimum Gasteiger partial charge on any atom is -0.508 e. The SMILES string of the molecule is OCCOCCNCc1cc(O)ccc1Br. The Morgan fingerprint density at radius 2 is 2.12 bits per heavy atom. The lowest BCUT2D eigenvalue weighted by molar-refractivity contribution is 0.0938. The van der Waals surface area contributed by atoms with E-state index < -0.39 is 0 Å². The normalized spacial score (nSPS) is 10.6. The Balaban J connectivity index is 2.23. The molecule has 4 nitrogen and oxygen atoms in total. The number of aliphatic hydroxyl groups excluding tert-OH is 1. The predicted octanol–water partition coefficient (Wildman–Crippen LogP) is 1.25. The number of nitrogens with one attached hydrogen (secondary N) is 1. The van der Waals surface area contributed by atoms with Gasteiger partial charge in [-0.05, 0) is 23.8 Å². The van der Waals surface area contributed by atoms with Gasteiger partial charge in [0.25, 0.3) is 0 Å². The Morgan fingerprint density at radius 3 is 2.88 bits per heavy atom. The first kappa shape index (κ1) is 13.4. The van der Waals surface area contributed by atoms with Gasteiger partial charge < -0.3 is 20.3 Å². The molecule has 0 fully saturated rings. The highest BCUT2D eigenvalue weighted by atomic mass is 79.9. The Morgan fingerprint density at radius 1 is 1.31 bits per heavy atom. The van der Waals surface area contributed by atoms with Crippen LogP contribution in [0, 0.1) is 0 Å². The van der Waals surface area contributed by atoms with Crippen molar-refractivity contribution < 1.29 is 14.9 Å². The third kappa shape index (κ3) is 4.94. The standard InChI is InChI=1S/C11H16BrNO3/c12-11-2-1-10(15)7-9(11)8-13-3-5-16-6-4-14/h1-2,7,13-15H,3-6,8H2. The summed E-state index contributed by atoms with van der Waals surface area (Å²) in [5.74, 6) is 0.261. The van der Waals surface area contributed by atoms with Crippen LogP contribution in [0.25, 0.3) is 0 Å².